The molecular formula is C23H28N2O2S. The second-order valence-corrected chi connectivity index (χ2v) is 8.95. The number of nitrogens with zero attached hydrogens (tertiary/aromatic N) is 2. The topological polar surface area (TPSA) is 40.6 Å². The molecule has 4 rings (SSSR count). The Morgan fingerprint density at radius 3 is 2.61 bits per heavy atom. The van der Waals surface area contributed by atoms with Crippen molar-refractivity contribution in [2.45, 2.75) is 58.0 Å². The van der Waals surface area contributed by atoms with Crippen LogP contribution in [0.4, 0.5) is 0 Å². The van der Waals surface area contributed by atoms with Crippen molar-refractivity contribution in [3.63, 3.8) is 0 Å². The maximum Gasteiger partial charge on any atom is 0.243 e. The van der Waals surface area contributed by atoms with Crippen LogP contribution in [0.15, 0.2) is 35.7 Å². The van der Waals surface area contributed by atoms with Gasteiger partial charge >= 0.3 is 0 Å². The van der Waals surface area contributed by atoms with Gasteiger partial charge in [0.05, 0.1) is 6.04 Å². The van der Waals surface area contributed by atoms with Crippen LogP contribution in [0.2, 0.25) is 0 Å². The van der Waals surface area contributed by atoms with Crippen LogP contribution >= 0.6 is 11.3 Å². The van der Waals surface area contributed by atoms with Crippen LogP contribution in [-0.4, -0.2) is 40.7 Å². The summed E-state index contributed by atoms with van der Waals surface area (Å²) >= 11 is 1.78. The molecule has 1 atom stereocenters. The summed E-state index contributed by atoms with van der Waals surface area (Å²) in [6, 6.07) is 10.9. The van der Waals surface area contributed by atoms with Gasteiger partial charge in [-0.1, -0.05) is 36.8 Å². The van der Waals surface area contributed by atoms with E-state index in [9.17, 15) is 9.59 Å². The lowest BCUT2D eigenvalue weighted by molar-refractivity contribution is -0.142. The highest BCUT2D eigenvalue weighted by Crippen LogP contribution is 2.38. The van der Waals surface area contributed by atoms with E-state index in [1.807, 2.05) is 16.7 Å². The highest BCUT2D eigenvalue weighted by molar-refractivity contribution is 7.10. The number of benzene rings is 1. The quantitative estimate of drug-likeness (QED) is 0.729. The molecule has 1 aliphatic carbocycles. The van der Waals surface area contributed by atoms with E-state index in [1.54, 1.807) is 11.3 Å². The molecular weight excluding hydrogens is 368 g/mol. The smallest absolute Gasteiger partial charge is 0.243 e. The fourth-order valence-electron chi connectivity index (χ4n) is 4.09. The van der Waals surface area contributed by atoms with Gasteiger partial charge < -0.3 is 9.80 Å². The molecule has 1 aliphatic heterocycles. The van der Waals surface area contributed by atoms with E-state index in [0.29, 0.717) is 13.0 Å². The van der Waals surface area contributed by atoms with E-state index in [1.165, 1.54) is 16.0 Å². The largest absolute Gasteiger partial charge is 0.330 e. The van der Waals surface area contributed by atoms with Gasteiger partial charge in [-0.15, -0.1) is 11.3 Å². The lowest BCUT2D eigenvalue weighted by Gasteiger charge is -2.37. The number of hydrogen-bond acceptors (Lipinski definition) is 3. The van der Waals surface area contributed by atoms with Gasteiger partial charge in [-0.2, -0.15) is 0 Å². The maximum atomic E-state index is 13.4. The second-order valence-electron chi connectivity index (χ2n) is 7.95. The third kappa shape index (κ3) is 3.86. The Kier molecular flexibility index (Phi) is 5.54. The summed E-state index contributed by atoms with van der Waals surface area (Å²) < 4.78 is 0. The first-order valence-electron chi connectivity index (χ1n) is 10.3. The minimum atomic E-state index is -0.0505. The van der Waals surface area contributed by atoms with Crippen molar-refractivity contribution < 1.29 is 9.59 Å². The van der Waals surface area contributed by atoms with E-state index in [0.717, 1.165) is 31.2 Å². The summed E-state index contributed by atoms with van der Waals surface area (Å²) in [5.41, 5.74) is 3.61. The molecule has 2 aliphatic rings. The Balaban J connectivity index is 1.60. The lowest BCUT2D eigenvalue weighted by atomic mass is 9.92. The van der Waals surface area contributed by atoms with E-state index in [2.05, 4.69) is 42.6 Å². The predicted molar refractivity (Wildman–Crippen MR) is 112 cm³/mol. The first-order valence-corrected chi connectivity index (χ1v) is 11.2. The summed E-state index contributed by atoms with van der Waals surface area (Å²) in [5.74, 6) is 0.192. The van der Waals surface area contributed by atoms with Crippen molar-refractivity contribution in [2.24, 2.45) is 0 Å². The van der Waals surface area contributed by atoms with Crippen LogP contribution in [0, 0.1) is 6.92 Å². The van der Waals surface area contributed by atoms with Gasteiger partial charge in [0.1, 0.15) is 6.54 Å². The normalized spacial score (nSPS) is 18.6. The molecule has 0 bridgehead atoms. The summed E-state index contributed by atoms with van der Waals surface area (Å²) in [4.78, 5) is 31.1. The lowest BCUT2D eigenvalue weighted by Crippen LogP contribution is -2.47. The van der Waals surface area contributed by atoms with Crippen molar-refractivity contribution in [2.75, 3.05) is 13.1 Å². The number of aryl methyl sites for hydroxylation is 1. The molecule has 2 heterocycles. The molecule has 0 unspecified atom stereocenters. The Morgan fingerprint density at radius 1 is 1.18 bits per heavy atom. The summed E-state index contributed by atoms with van der Waals surface area (Å²) in [7, 11) is 0. The maximum absolute atomic E-state index is 13.4. The molecule has 5 heteroatoms. The molecule has 0 N–H and O–H groups in total. The first kappa shape index (κ1) is 19.2. The van der Waals surface area contributed by atoms with Gasteiger partial charge in [0, 0.05) is 23.9 Å². The van der Waals surface area contributed by atoms with Gasteiger partial charge in [0.2, 0.25) is 11.8 Å². The predicted octanol–water partition coefficient (Wildman–Crippen LogP) is 4.32. The van der Waals surface area contributed by atoms with Crippen molar-refractivity contribution >= 4 is 23.2 Å². The number of amides is 2. The third-order valence-electron chi connectivity index (χ3n) is 5.76. The number of carbonyl (C=O) groups is 2. The molecule has 0 radical (unpaired) electrons. The average molecular weight is 397 g/mol. The average Bonchev–Trinajstić information content (AvgIpc) is 3.42. The Morgan fingerprint density at radius 2 is 1.93 bits per heavy atom. The number of rotatable bonds is 6. The zero-order valence-electron chi connectivity index (χ0n) is 16.7. The fraction of sp³-hybridized carbons (Fsp3) is 0.478. The molecule has 1 aromatic heterocycles. The fourth-order valence-corrected chi connectivity index (χ4v) is 5.00. The summed E-state index contributed by atoms with van der Waals surface area (Å²) in [5, 5.41) is 2.13. The molecule has 148 valence electrons. The monoisotopic (exact) mass is 396 g/mol. The molecule has 0 saturated heterocycles. The van der Waals surface area contributed by atoms with Crippen LogP contribution in [0.5, 0.6) is 0 Å². The first-order chi connectivity index (χ1) is 13.6. The van der Waals surface area contributed by atoms with Gasteiger partial charge in [-0.3, -0.25) is 9.59 Å². The SMILES string of the molecule is CCCC(=O)N(CC(=O)N1CCc2sccc2[C@@H]1c1ccc(C)cc1)C1CC1. The second kappa shape index (κ2) is 8.08. The van der Waals surface area contributed by atoms with Crippen molar-refractivity contribution in [1.29, 1.82) is 0 Å². The number of hydrogen-bond donors (Lipinski definition) is 0. The molecule has 28 heavy (non-hydrogen) atoms. The van der Waals surface area contributed by atoms with Gasteiger partial charge in [0.25, 0.3) is 0 Å². The molecule has 1 saturated carbocycles. The highest BCUT2D eigenvalue weighted by atomic mass is 32.1. The molecule has 1 aromatic carbocycles. The van der Waals surface area contributed by atoms with Crippen LogP contribution in [0.1, 0.15) is 60.2 Å². The van der Waals surface area contributed by atoms with Crippen molar-refractivity contribution in [3.05, 3.63) is 57.3 Å². The highest BCUT2D eigenvalue weighted by Gasteiger charge is 2.37. The van der Waals surface area contributed by atoms with E-state index >= 15 is 0 Å². The van der Waals surface area contributed by atoms with Crippen LogP contribution in [0.25, 0.3) is 0 Å². The molecule has 0 spiro atoms. The Bertz CT molecular complexity index is 854. The van der Waals surface area contributed by atoms with Crippen LogP contribution in [0.3, 0.4) is 0 Å². The van der Waals surface area contributed by atoms with Gasteiger partial charge in [-0.25, -0.2) is 0 Å². The number of fused-ring (bicyclic) bond motifs is 1. The molecule has 2 aromatic rings. The number of thiophene rings is 1. The Labute approximate surface area is 171 Å². The van der Waals surface area contributed by atoms with Crippen molar-refractivity contribution in [1.82, 2.24) is 9.80 Å². The Hall–Kier alpha value is -2.14. The van der Waals surface area contributed by atoms with Crippen LogP contribution < -0.4 is 0 Å². The van der Waals surface area contributed by atoms with E-state index < -0.39 is 0 Å². The van der Waals surface area contributed by atoms with Crippen molar-refractivity contribution in [3.8, 4) is 0 Å². The minimum absolute atomic E-state index is 0.0505. The van der Waals surface area contributed by atoms with E-state index in [4.69, 9.17) is 0 Å². The van der Waals surface area contributed by atoms with E-state index in [-0.39, 0.29) is 30.4 Å². The summed E-state index contributed by atoms with van der Waals surface area (Å²) in [6.45, 7) is 5.02. The van der Waals surface area contributed by atoms with Gasteiger partial charge in [0.15, 0.2) is 0 Å². The number of carbonyl (C=O) groups excluding carboxylic acids is 2. The zero-order chi connectivity index (χ0) is 19.7. The van der Waals surface area contributed by atoms with Gasteiger partial charge in [-0.05, 0) is 55.2 Å². The third-order valence-corrected chi connectivity index (χ3v) is 6.75. The molecule has 1 fully saturated rings. The molecule has 2 amide bonds. The minimum Gasteiger partial charge on any atom is -0.330 e. The zero-order valence-corrected chi connectivity index (χ0v) is 17.5. The molecule has 4 nitrogen and oxygen atoms in total. The van der Waals surface area contributed by atoms with Crippen LogP contribution in [-0.2, 0) is 16.0 Å². The standard InChI is InChI=1S/C23H28N2O2S/c1-3-4-21(26)25(18-9-10-18)15-22(27)24-13-11-20-19(12-14-28-20)23(24)17-7-5-16(2)6-8-17/h5-8,12,14,18,23H,3-4,9-11,13,15H2,1-2H3/t23-/m0/s1. The summed E-state index contributed by atoms with van der Waals surface area (Å²) in [6.07, 6.45) is 4.30.